The van der Waals surface area contributed by atoms with Crippen molar-refractivity contribution in [3.8, 4) is 0 Å². The Kier molecular flexibility index (Phi) is 3.69. The van der Waals surface area contributed by atoms with Crippen LogP contribution in [0.25, 0.3) is 0 Å². The third kappa shape index (κ3) is 2.91. The van der Waals surface area contributed by atoms with E-state index in [0.717, 1.165) is 19.1 Å². The minimum absolute atomic E-state index is 0.203. The summed E-state index contributed by atoms with van der Waals surface area (Å²) in [5, 5.41) is 0. The maximum absolute atomic E-state index is 10.1. The van der Waals surface area contributed by atoms with E-state index in [-0.39, 0.29) is 24.9 Å². The van der Waals surface area contributed by atoms with E-state index in [4.69, 9.17) is 9.47 Å². The molecule has 1 heterocycles. The summed E-state index contributed by atoms with van der Waals surface area (Å²) < 4.78 is 10.9. The van der Waals surface area contributed by atoms with Gasteiger partial charge in [0.1, 0.15) is 12.9 Å². The second-order valence-electron chi connectivity index (χ2n) is 3.35. The van der Waals surface area contributed by atoms with Crippen molar-refractivity contribution in [3.63, 3.8) is 0 Å². The highest BCUT2D eigenvalue weighted by atomic mass is 16.5. The van der Waals surface area contributed by atoms with Crippen molar-refractivity contribution in [1.82, 2.24) is 0 Å². The van der Waals surface area contributed by atoms with Crippen molar-refractivity contribution in [2.45, 2.75) is 45.0 Å². The van der Waals surface area contributed by atoms with E-state index in [1.165, 1.54) is 0 Å². The van der Waals surface area contributed by atoms with Gasteiger partial charge in [-0.1, -0.05) is 0 Å². The lowest BCUT2D eigenvalue weighted by Gasteiger charge is -2.31. The first-order chi connectivity index (χ1) is 5.72. The van der Waals surface area contributed by atoms with Crippen LogP contribution in [-0.4, -0.2) is 31.2 Å². The molecule has 0 aromatic rings. The lowest BCUT2D eigenvalue weighted by atomic mass is 10.0. The molecule has 0 bridgehead atoms. The van der Waals surface area contributed by atoms with Gasteiger partial charge in [-0.3, -0.25) is 0 Å². The van der Waals surface area contributed by atoms with E-state index in [1.54, 1.807) is 0 Å². The van der Waals surface area contributed by atoms with E-state index in [1.807, 2.05) is 13.8 Å². The highest BCUT2D eigenvalue weighted by Crippen LogP contribution is 2.21. The van der Waals surface area contributed by atoms with Crippen LogP contribution >= 0.6 is 0 Å². The van der Waals surface area contributed by atoms with Crippen molar-refractivity contribution < 1.29 is 14.3 Å². The first-order valence-corrected chi connectivity index (χ1v) is 4.43. The molecular formula is C9H16O3. The van der Waals surface area contributed by atoms with Crippen LogP contribution in [0, 0.1) is 0 Å². The number of rotatable bonds is 3. The van der Waals surface area contributed by atoms with Gasteiger partial charge in [-0.2, -0.15) is 0 Å². The van der Waals surface area contributed by atoms with Gasteiger partial charge in [0.25, 0.3) is 0 Å². The molecule has 12 heavy (non-hydrogen) atoms. The van der Waals surface area contributed by atoms with E-state index >= 15 is 0 Å². The van der Waals surface area contributed by atoms with E-state index in [2.05, 4.69) is 0 Å². The Hall–Kier alpha value is -0.410. The first-order valence-electron chi connectivity index (χ1n) is 4.43. The summed E-state index contributed by atoms with van der Waals surface area (Å²) in [6.45, 7) is 4.28. The number of aldehydes is 1. The Balaban J connectivity index is 2.28. The predicted molar refractivity (Wildman–Crippen MR) is 45.0 cm³/mol. The summed E-state index contributed by atoms with van der Waals surface area (Å²) in [5.41, 5.74) is 0. The molecule has 0 aromatic heterocycles. The van der Waals surface area contributed by atoms with Crippen molar-refractivity contribution in [3.05, 3.63) is 0 Å². The monoisotopic (exact) mass is 172 g/mol. The molecule has 2 atom stereocenters. The van der Waals surface area contributed by atoms with Crippen LogP contribution in [0.1, 0.15) is 26.7 Å². The van der Waals surface area contributed by atoms with Gasteiger partial charge < -0.3 is 14.3 Å². The average molecular weight is 172 g/mol. The number of carbonyl (C=O) groups excluding carboxylic acids is 1. The molecule has 0 amide bonds. The molecule has 0 spiro atoms. The minimum atomic E-state index is 0.203. The minimum Gasteiger partial charge on any atom is -0.375 e. The summed E-state index contributed by atoms with van der Waals surface area (Å²) in [7, 11) is 0. The first kappa shape index (κ1) is 9.68. The Morgan fingerprint density at radius 3 is 2.50 bits per heavy atom. The van der Waals surface area contributed by atoms with Crippen LogP contribution in [0.4, 0.5) is 0 Å². The maximum atomic E-state index is 10.1. The molecule has 0 aliphatic carbocycles. The van der Waals surface area contributed by atoms with E-state index in [9.17, 15) is 4.79 Å². The second-order valence-corrected chi connectivity index (χ2v) is 3.35. The summed E-state index contributed by atoms with van der Waals surface area (Å²) in [6.07, 6.45) is 3.31. The molecule has 3 nitrogen and oxygen atoms in total. The van der Waals surface area contributed by atoms with Crippen LogP contribution in [0.3, 0.4) is 0 Å². The molecule has 70 valence electrons. The van der Waals surface area contributed by atoms with Gasteiger partial charge in [0.2, 0.25) is 0 Å². The average Bonchev–Trinajstić information content (AvgIpc) is 1.99. The molecule has 1 saturated heterocycles. The predicted octanol–water partition coefficient (Wildman–Crippen LogP) is 1.16. The Morgan fingerprint density at radius 2 is 2.00 bits per heavy atom. The van der Waals surface area contributed by atoms with Crippen LogP contribution in [0.15, 0.2) is 0 Å². The smallest absolute Gasteiger partial charge is 0.145 e. The Labute approximate surface area is 73.0 Å². The molecule has 2 unspecified atom stereocenters. The lowest BCUT2D eigenvalue weighted by Crippen LogP contribution is -2.34. The van der Waals surface area contributed by atoms with Gasteiger partial charge in [-0.15, -0.1) is 0 Å². The molecule has 0 radical (unpaired) electrons. The van der Waals surface area contributed by atoms with E-state index in [0.29, 0.717) is 0 Å². The van der Waals surface area contributed by atoms with Crippen LogP contribution in [-0.2, 0) is 14.3 Å². The van der Waals surface area contributed by atoms with Crippen LogP contribution in [0.2, 0.25) is 0 Å². The van der Waals surface area contributed by atoms with Gasteiger partial charge in [-0.25, -0.2) is 0 Å². The van der Waals surface area contributed by atoms with Crippen molar-refractivity contribution in [1.29, 1.82) is 0 Å². The molecular weight excluding hydrogens is 156 g/mol. The Bertz CT molecular complexity index is 137. The van der Waals surface area contributed by atoms with Crippen LogP contribution in [0.5, 0.6) is 0 Å². The zero-order valence-corrected chi connectivity index (χ0v) is 7.66. The second kappa shape index (κ2) is 4.58. The summed E-state index contributed by atoms with van der Waals surface area (Å²) in [4.78, 5) is 10.1. The van der Waals surface area contributed by atoms with Crippen molar-refractivity contribution in [2.75, 3.05) is 6.61 Å². The zero-order valence-electron chi connectivity index (χ0n) is 7.66. The summed E-state index contributed by atoms with van der Waals surface area (Å²) in [5.74, 6) is 0. The van der Waals surface area contributed by atoms with Gasteiger partial charge in [-0.05, 0) is 26.7 Å². The normalized spacial score (nSPS) is 36.3. The largest absolute Gasteiger partial charge is 0.375 e. The van der Waals surface area contributed by atoms with Gasteiger partial charge in [0.15, 0.2) is 0 Å². The third-order valence-electron chi connectivity index (χ3n) is 2.05. The lowest BCUT2D eigenvalue weighted by molar-refractivity contribution is -0.124. The standard InChI is InChI=1S/C9H16O3/c1-7-5-9(11-4-3-10)6-8(2)12-7/h3,7-9H,4-6H2,1-2H3. The van der Waals surface area contributed by atoms with Gasteiger partial charge >= 0.3 is 0 Å². The molecule has 1 fully saturated rings. The summed E-state index contributed by atoms with van der Waals surface area (Å²) in [6, 6.07) is 0. The molecule has 1 rings (SSSR count). The molecule has 0 N–H and O–H groups in total. The quantitative estimate of drug-likeness (QED) is 0.599. The van der Waals surface area contributed by atoms with Gasteiger partial charge in [0.05, 0.1) is 18.3 Å². The zero-order chi connectivity index (χ0) is 8.97. The fourth-order valence-corrected chi connectivity index (χ4v) is 1.66. The Morgan fingerprint density at radius 1 is 1.42 bits per heavy atom. The van der Waals surface area contributed by atoms with Crippen molar-refractivity contribution >= 4 is 6.29 Å². The highest BCUT2D eigenvalue weighted by molar-refractivity contribution is 5.50. The number of hydrogen-bond donors (Lipinski definition) is 0. The fraction of sp³-hybridized carbons (Fsp3) is 0.889. The number of carbonyl (C=O) groups is 1. The number of ether oxygens (including phenoxy) is 2. The topological polar surface area (TPSA) is 35.5 Å². The van der Waals surface area contributed by atoms with E-state index < -0.39 is 0 Å². The molecule has 0 saturated carbocycles. The molecule has 1 aliphatic rings. The van der Waals surface area contributed by atoms with Crippen molar-refractivity contribution in [2.24, 2.45) is 0 Å². The highest BCUT2D eigenvalue weighted by Gasteiger charge is 2.24. The SMILES string of the molecule is CC1CC(OCC=O)CC(C)O1. The molecule has 1 aliphatic heterocycles. The third-order valence-corrected chi connectivity index (χ3v) is 2.05. The van der Waals surface area contributed by atoms with Gasteiger partial charge in [0, 0.05) is 0 Å². The summed E-state index contributed by atoms with van der Waals surface area (Å²) >= 11 is 0. The van der Waals surface area contributed by atoms with Crippen LogP contribution < -0.4 is 0 Å². The molecule has 0 aromatic carbocycles. The molecule has 3 heteroatoms. The maximum Gasteiger partial charge on any atom is 0.145 e. The fourth-order valence-electron chi connectivity index (χ4n) is 1.66. The number of hydrogen-bond acceptors (Lipinski definition) is 3.